The Morgan fingerprint density at radius 2 is 1.80 bits per heavy atom. The van der Waals surface area contributed by atoms with Gasteiger partial charge in [-0.1, -0.05) is 38.2 Å². The van der Waals surface area contributed by atoms with Gasteiger partial charge in [-0.25, -0.2) is 17.9 Å². The molecule has 2 fully saturated rings. The lowest BCUT2D eigenvalue weighted by Gasteiger charge is -2.33. The third kappa shape index (κ3) is 6.65. The van der Waals surface area contributed by atoms with Crippen LogP contribution in [0.15, 0.2) is 18.2 Å². The van der Waals surface area contributed by atoms with Gasteiger partial charge in [0.15, 0.2) is 17.3 Å². The minimum absolute atomic E-state index is 0.0419. The maximum Gasteiger partial charge on any atom is 0.409 e. The maximum atomic E-state index is 13.2. The molecular formula is C24H36N2O8S. The molecule has 1 heterocycles. The van der Waals surface area contributed by atoms with Crippen molar-refractivity contribution in [3.05, 3.63) is 23.8 Å². The molecule has 0 radical (unpaired) electrons. The number of sulfonamides is 1. The highest BCUT2D eigenvalue weighted by molar-refractivity contribution is 7.90. The molecule has 35 heavy (non-hydrogen) atoms. The highest BCUT2D eigenvalue weighted by Crippen LogP contribution is 2.39. The van der Waals surface area contributed by atoms with Gasteiger partial charge in [0.25, 0.3) is 0 Å². The molecule has 3 rings (SSSR count). The molecule has 1 unspecified atom stereocenters. The lowest BCUT2D eigenvalue weighted by Crippen LogP contribution is -2.49. The zero-order valence-electron chi connectivity index (χ0n) is 20.8. The molecule has 1 aromatic carbocycles. The van der Waals surface area contributed by atoms with Crippen LogP contribution in [0, 0.1) is 5.92 Å². The number of rotatable bonds is 10. The van der Waals surface area contributed by atoms with Crippen molar-refractivity contribution in [1.29, 1.82) is 0 Å². The summed E-state index contributed by atoms with van der Waals surface area (Å²) in [6.45, 7) is 3.14. The van der Waals surface area contributed by atoms with E-state index in [0.29, 0.717) is 23.5 Å². The predicted molar refractivity (Wildman–Crippen MR) is 129 cm³/mol. The minimum atomic E-state index is -4.00. The third-order valence-corrected chi connectivity index (χ3v) is 8.02. The summed E-state index contributed by atoms with van der Waals surface area (Å²) >= 11 is 0. The first-order valence-electron chi connectivity index (χ1n) is 11.9. The topological polar surface area (TPSA) is 131 Å². The summed E-state index contributed by atoms with van der Waals surface area (Å²) in [7, 11) is -1.01. The van der Waals surface area contributed by atoms with E-state index in [2.05, 4.69) is 4.72 Å². The van der Waals surface area contributed by atoms with Gasteiger partial charge in [0, 0.05) is 6.54 Å². The second kappa shape index (κ2) is 11.1. The Morgan fingerprint density at radius 1 is 1.14 bits per heavy atom. The number of benzene rings is 1. The number of nitrogens with zero attached hydrogens (tertiary/aromatic N) is 1. The first-order chi connectivity index (χ1) is 16.5. The van der Waals surface area contributed by atoms with Crippen LogP contribution < -0.4 is 14.2 Å². The molecule has 1 saturated heterocycles. The molecule has 1 aliphatic carbocycles. The van der Waals surface area contributed by atoms with Gasteiger partial charge >= 0.3 is 6.09 Å². The van der Waals surface area contributed by atoms with Crippen molar-refractivity contribution in [2.75, 3.05) is 20.0 Å². The summed E-state index contributed by atoms with van der Waals surface area (Å²) in [5.74, 6) is -0.190. The van der Waals surface area contributed by atoms with Crippen LogP contribution in [0.25, 0.3) is 0 Å². The van der Waals surface area contributed by atoms with Crippen LogP contribution in [0.3, 0.4) is 0 Å². The molecule has 2 atom stereocenters. The van der Waals surface area contributed by atoms with E-state index >= 15 is 0 Å². The Bertz CT molecular complexity index is 1020. The van der Waals surface area contributed by atoms with Crippen molar-refractivity contribution in [3.63, 3.8) is 0 Å². The Morgan fingerprint density at radius 3 is 2.40 bits per heavy atom. The number of Topliss-reactive ketones (excluding diaryl/α,β-unsaturated/α-hetero) is 1. The first-order valence-corrected chi connectivity index (χ1v) is 13.5. The number of amides is 1. The number of carboxylic acid groups (broad SMARTS) is 1. The van der Waals surface area contributed by atoms with Crippen molar-refractivity contribution in [3.8, 4) is 11.5 Å². The molecule has 196 valence electrons. The molecular weight excluding hydrogens is 476 g/mol. The lowest BCUT2D eigenvalue weighted by atomic mass is 9.83. The molecule has 2 aliphatic rings. The van der Waals surface area contributed by atoms with Crippen molar-refractivity contribution < 1.29 is 37.3 Å². The van der Waals surface area contributed by atoms with Crippen LogP contribution in [0.4, 0.5) is 4.79 Å². The molecule has 1 saturated carbocycles. The third-order valence-electron chi connectivity index (χ3n) is 6.78. The second-order valence-corrected chi connectivity index (χ2v) is 11.5. The fourth-order valence-electron chi connectivity index (χ4n) is 5.13. The van der Waals surface area contributed by atoms with Gasteiger partial charge in [0.1, 0.15) is 17.6 Å². The van der Waals surface area contributed by atoms with Crippen molar-refractivity contribution in [1.82, 2.24) is 9.62 Å². The number of hydrogen-bond donors (Lipinski definition) is 2. The molecule has 0 spiro atoms. The van der Waals surface area contributed by atoms with E-state index < -0.39 is 45.5 Å². The van der Waals surface area contributed by atoms with Crippen molar-refractivity contribution in [2.24, 2.45) is 5.92 Å². The Labute approximate surface area is 207 Å². The van der Waals surface area contributed by atoms with E-state index in [1.165, 1.54) is 19.1 Å². The molecule has 1 aromatic rings. The summed E-state index contributed by atoms with van der Waals surface area (Å²) in [6.07, 6.45) is 3.39. The number of hydrogen-bond acceptors (Lipinski definition) is 7. The second-order valence-electron chi connectivity index (χ2n) is 9.68. The molecule has 1 amide bonds. The van der Waals surface area contributed by atoms with Crippen LogP contribution in [0.1, 0.15) is 57.9 Å². The van der Waals surface area contributed by atoms with Gasteiger partial charge in [-0.15, -0.1) is 0 Å². The van der Waals surface area contributed by atoms with Gasteiger partial charge in [0.05, 0.1) is 20.3 Å². The summed E-state index contributed by atoms with van der Waals surface area (Å²) in [4.78, 5) is 26.4. The Hall–Kier alpha value is -2.37. The molecule has 0 bridgehead atoms. The number of ketones is 1. The Balaban J connectivity index is 1.71. The first kappa shape index (κ1) is 27.2. The molecule has 0 aromatic heterocycles. The van der Waals surface area contributed by atoms with Crippen LogP contribution in [0.2, 0.25) is 0 Å². The van der Waals surface area contributed by atoms with Crippen LogP contribution in [-0.2, 0) is 26.1 Å². The molecule has 2 N–H and O–H groups in total. The van der Waals surface area contributed by atoms with Gasteiger partial charge in [0.2, 0.25) is 10.0 Å². The van der Waals surface area contributed by atoms with E-state index in [-0.39, 0.29) is 12.5 Å². The Kier molecular flexibility index (Phi) is 8.66. The summed E-state index contributed by atoms with van der Waals surface area (Å²) in [5.41, 5.74) is -0.605. The fraction of sp³-hybridized carbons (Fsp3) is 0.667. The lowest BCUT2D eigenvalue weighted by molar-refractivity contribution is -0.133. The van der Waals surface area contributed by atoms with Crippen molar-refractivity contribution in [2.45, 2.75) is 76.8 Å². The van der Waals surface area contributed by atoms with E-state index in [4.69, 9.17) is 14.2 Å². The predicted octanol–water partition coefficient (Wildman–Crippen LogP) is 3.15. The standard InChI is InChI=1S/C24H36N2O8S/c1-24(2)26(23(28)29)18(12-16-8-6-5-7-9-16)22(34-24)19(27)15-35(30,31)25-14-17-10-11-20(32-3)21(13-17)33-4/h10-11,13,16,18,22,25H,5-9,12,14-15H2,1-4H3,(H,28,29)/t18-,22?/m0/s1. The fourth-order valence-corrected chi connectivity index (χ4v) is 6.16. The number of carbonyl (C=O) groups excluding carboxylic acids is 1. The number of nitrogens with one attached hydrogen (secondary N) is 1. The van der Waals surface area contributed by atoms with Crippen LogP contribution >= 0.6 is 0 Å². The highest BCUT2D eigenvalue weighted by Gasteiger charge is 2.53. The zero-order chi connectivity index (χ0) is 25.8. The van der Waals surface area contributed by atoms with Gasteiger partial charge in [-0.05, 0) is 43.9 Å². The number of ether oxygens (including phenoxy) is 3. The molecule has 10 nitrogen and oxygen atoms in total. The smallest absolute Gasteiger partial charge is 0.409 e. The SMILES string of the molecule is COc1ccc(CNS(=O)(=O)CC(=O)C2OC(C)(C)N(C(=O)O)[C@H]2CC2CCCCC2)cc1OC. The van der Waals surface area contributed by atoms with Crippen LogP contribution in [0.5, 0.6) is 11.5 Å². The van der Waals surface area contributed by atoms with Crippen LogP contribution in [-0.4, -0.2) is 68.1 Å². The normalized spacial score (nSPS) is 22.7. The average Bonchev–Trinajstić information content (AvgIpc) is 3.08. The van der Waals surface area contributed by atoms with Gasteiger partial charge in [-0.2, -0.15) is 0 Å². The monoisotopic (exact) mass is 512 g/mol. The van der Waals surface area contributed by atoms with E-state index in [0.717, 1.165) is 32.1 Å². The summed E-state index contributed by atoms with van der Waals surface area (Å²) in [6, 6.07) is 4.29. The summed E-state index contributed by atoms with van der Waals surface area (Å²) < 4.78 is 44.2. The minimum Gasteiger partial charge on any atom is -0.493 e. The van der Waals surface area contributed by atoms with E-state index in [1.54, 1.807) is 32.0 Å². The number of carbonyl (C=O) groups is 2. The quantitative estimate of drug-likeness (QED) is 0.489. The maximum absolute atomic E-state index is 13.2. The molecule has 1 aliphatic heterocycles. The van der Waals surface area contributed by atoms with E-state index in [9.17, 15) is 23.1 Å². The largest absolute Gasteiger partial charge is 0.493 e. The van der Waals surface area contributed by atoms with E-state index in [1.807, 2.05) is 0 Å². The average molecular weight is 513 g/mol. The number of methoxy groups -OCH3 is 2. The van der Waals surface area contributed by atoms with Crippen molar-refractivity contribution >= 4 is 21.9 Å². The summed E-state index contributed by atoms with van der Waals surface area (Å²) in [5, 5.41) is 9.86. The highest BCUT2D eigenvalue weighted by atomic mass is 32.2. The molecule has 11 heteroatoms. The zero-order valence-corrected chi connectivity index (χ0v) is 21.6. The van der Waals surface area contributed by atoms with Gasteiger partial charge < -0.3 is 19.3 Å². The van der Waals surface area contributed by atoms with Gasteiger partial charge in [-0.3, -0.25) is 9.69 Å².